The SMILES string of the molecule is C[C@@]1(CCl)S[C@@H]2C(NC(=O)Cc3ccccc3)C(=O)N2C1C(=O)O. The van der Waals surface area contributed by atoms with Crippen LogP contribution in [0.3, 0.4) is 0 Å². The van der Waals surface area contributed by atoms with Crippen LogP contribution in [0.1, 0.15) is 12.5 Å². The molecule has 2 amide bonds. The highest BCUT2D eigenvalue weighted by molar-refractivity contribution is 8.01. The topological polar surface area (TPSA) is 86.7 Å². The van der Waals surface area contributed by atoms with Crippen LogP contribution in [0.2, 0.25) is 0 Å². The Hall–Kier alpha value is -1.73. The van der Waals surface area contributed by atoms with E-state index in [0.717, 1.165) is 5.56 Å². The molecule has 6 nitrogen and oxygen atoms in total. The lowest BCUT2D eigenvalue weighted by Crippen LogP contribution is -2.70. The summed E-state index contributed by atoms with van der Waals surface area (Å²) in [6.07, 6.45) is 0.178. The van der Waals surface area contributed by atoms with Gasteiger partial charge in [-0.25, -0.2) is 4.79 Å². The summed E-state index contributed by atoms with van der Waals surface area (Å²) in [5.41, 5.74) is 0.853. The van der Waals surface area contributed by atoms with Crippen LogP contribution in [0.15, 0.2) is 30.3 Å². The summed E-state index contributed by atoms with van der Waals surface area (Å²) in [4.78, 5) is 37.4. The zero-order valence-corrected chi connectivity index (χ0v) is 14.5. The fourth-order valence-electron chi connectivity index (χ4n) is 3.14. The number of hydrogen-bond acceptors (Lipinski definition) is 4. The monoisotopic (exact) mass is 368 g/mol. The van der Waals surface area contributed by atoms with Gasteiger partial charge in [-0.05, 0) is 12.5 Å². The van der Waals surface area contributed by atoms with Crippen molar-refractivity contribution < 1.29 is 19.5 Å². The summed E-state index contributed by atoms with van der Waals surface area (Å²) in [6.45, 7) is 1.73. The van der Waals surface area contributed by atoms with E-state index in [4.69, 9.17) is 11.6 Å². The molecule has 0 aromatic heterocycles. The second-order valence-corrected chi connectivity index (χ2v) is 8.07. The van der Waals surface area contributed by atoms with E-state index in [1.165, 1.54) is 16.7 Å². The largest absolute Gasteiger partial charge is 0.480 e. The number of nitrogens with one attached hydrogen (secondary N) is 1. The summed E-state index contributed by atoms with van der Waals surface area (Å²) in [5.74, 6) is -1.59. The lowest BCUT2D eigenvalue weighted by atomic mass is 9.95. The van der Waals surface area contributed by atoms with Gasteiger partial charge in [0.05, 0.1) is 11.2 Å². The van der Waals surface area contributed by atoms with Crippen molar-refractivity contribution in [2.75, 3.05) is 5.88 Å². The zero-order chi connectivity index (χ0) is 17.5. The fraction of sp³-hybridized carbons (Fsp3) is 0.438. The average molecular weight is 369 g/mol. The molecule has 2 saturated heterocycles. The minimum Gasteiger partial charge on any atom is -0.480 e. The first-order valence-electron chi connectivity index (χ1n) is 7.49. The van der Waals surface area contributed by atoms with Gasteiger partial charge in [0.25, 0.3) is 0 Å². The first-order valence-corrected chi connectivity index (χ1v) is 8.91. The molecule has 2 aliphatic heterocycles. The first-order chi connectivity index (χ1) is 11.4. The maximum absolute atomic E-state index is 12.3. The van der Waals surface area contributed by atoms with E-state index in [0.29, 0.717) is 0 Å². The van der Waals surface area contributed by atoms with E-state index in [1.54, 1.807) is 6.92 Å². The number of carboxylic acid groups (broad SMARTS) is 1. The van der Waals surface area contributed by atoms with Gasteiger partial charge in [-0.2, -0.15) is 0 Å². The number of amides is 2. The Balaban J connectivity index is 1.69. The van der Waals surface area contributed by atoms with Gasteiger partial charge in [0, 0.05) is 5.88 Å². The van der Waals surface area contributed by atoms with Crippen LogP contribution >= 0.6 is 23.4 Å². The van der Waals surface area contributed by atoms with Crippen LogP contribution < -0.4 is 5.32 Å². The Morgan fingerprint density at radius 3 is 2.62 bits per heavy atom. The number of carboxylic acids is 1. The maximum atomic E-state index is 12.3. The molecule has 1 aromatic carbocycles. The molecule has 0 aliphatic carbocycles. The van der Waals surface area contributed by atoms with E-state index in [2.05, 4.69) is 5.32 Å². The number of alkyl halides is 1. The molecule has 24 heavy (non-hydrogen) atoms. The van der Waals surface area contributed by atoms with Gasteiger partial charge >= 0.3 is 5.97 Å². The number of aliphatic carboxylic acids is 1. The number of hydrogen-bond donors (Lipinski definition) is 2. The lowest BCUT2D eigenvalue weighted by molar-refractivity contribution is -0.161. The van der Waals surface area contributed by atoms with E-state index < -0.39 is 22.8 Å². The molecule has 2 aliphatic rings. The van der Waals surface area contributed by atoms with Crippen LogP contribution in [0.4, 0.5) is 0 Å². The summed E-state index contributed by atoms with van der Waals surface area (Å²) in [5, 5.41) is 11.8. The van der Waals surface area contributed by atoms with Gasteiger partial charge in [0.1, 0.15) is 17.5 Å². The third-order valence-corrected chi connectivity index (χ3v) is 6.71. The summed E-state index contributed by atoms with van der Waals surface area (Å²) >= 11 is 7.28. The minimum atomic E-state index is -1.07. The van der Waals surface area contributed by atoms with Crippen LogP contribution in [-0.2, 0) is 20.8 Å². The highest BCUT2D eigenvalue weighted by atomic mass is 35.5. The number of benzene rings is 1. The quantitative estimate of drug-likeness (QED) is 0.600. The number of β-lactam (4-membered cyclic amide) rings is 1. The van der Waals surface area contributed by atoms with Crippen LogP contribution in [0.5, 0.6) is 0 Å². The van der Waals surface area contributed by atoms with Crippen molar-refractivity contribution in [3.8, 4) is 0 Å². The molecule has 0 radical (unpaired) electrons. The molecular formula is C16H17ClN2O4S. The Bertz CT molecular complexity index is 686. The smallest absolute Gasteiger partial charge is 0.327 e. The number of nitrogens with zero attached hydrogens (tertiary/aromatic N) is 1. The molecule has 8 heteroatoms. The van der Waals surface area contributed by atoms with Crippen molar-refractivity contribution >= 4 is 41.1 Å². The van der Waals surface area contributed by atoms with Crippen LogP contribution in [0, 0.1) is 0 Å². The molecule has 3 rings (SSSR count). The fourth-order valence-corrected chi connectivity index (χ4v) is 5.10. The number of carbonyl (C=O) groups is 3. The number of thioether (sulfide) groups is 1. The predicted octanol–water partition coefficient (Wildman–Crippen LogP) is 1.08. The summed E-state index contributed by atoms with van der Waals surface area (Å²) < 4.78 is -0.771. The molecule has 2 heterocycles. The van der Waals surface area contributed by atoms with Crippen molar-refractivity contribution in [3.63, 3.8) is 0 Å². The Morgan fingerprint density at radius 2 is 2.04 bits per heavy atom. The Morgan fingerprint density at radius 1 is 1.38 bits per heavy atom. The predicted molar refractivity (Wildman–Crippen MR) is 90.9 cm³/mol. The first kappa shape index (κ1) is 17.1. The second kappa shape index (κ2) is 6.29. The highest BCUT2D eigenvalue weighted by Crippen LogP contribution is 2.51. The molecule has 4 atom stereocenters. The number of rotatable bonds is 5. The molecule has 2 N–H and O–H groups in total. The molecular weight excluding hydrogens is 352 g/mol. The molecule has 2 fully saturated rings. The zero-order valence-electron chi connectivity index (χ0n) is 12.9. The van der Waals surface area contributed by atoms with Crippen LogP contribution in [0.25, 0.3) is 0 Å². The minimum absolute atomic E-state index is 0.111. The third kappa shape index (κ3) is 2.75. The standard InChI is InChI=1S/C16H17ClN2O4S/c1-16(8-17)12(15(22)23)19-13(21)11(14(19)24-16)18-10(20)7-9-5-3-2-4-6-9/h2-6,11-12,14H,7-8H2,1H3,(H,18,20)(H,22,23)/t11?,12?,14-,16+/m1/s1. The average Bonchev–Trinajstić information content (AvgIpc) is 2.84. The van der Waals surface area contributed by atoms with Crippen molar-refractivity contribution in [2.45, 2.75) is 35.5 Å². The second-order valence-electron chi connectivity index (χ2n) is 6.15. The molecule has 128 valence electrons. The third-order valence-electron chi connectivity index (χ3n) is 4.35. The van der Waals surface area contributed by atoms with Gasteiger partial charge in [-0.3, -0.25) is 9.59 Å². The summed E-state index contributed by atoms with van der Waals surface area (Å²) in [7, 11) is 0. The van der Waals surface area contributed by atoms with Gasteiger partial charge in [-0.15, -0.1) is 23.4 Å². The number of carbonyl (C=O) groups excluding carboxylic acids is 2. The van der Waals surface area contributed by atoms with Crippen molar-refractivity contribution in [3.05, 3.63) is 35.9 Å². The Labute approximate surface area is 148 Å². The maximum Gasteiger partial charge on any atom is 0.327 e. The highest BCUT2D eigenvalue weighted by Gasteiger charge is 2.65. The van der Waals surface area contributed by atoms with E-state index in [9.17, 15) is 19.5 Å². The number of fused-ring (bicyclic) bond motifs is 1. The van der Waals surface area contributed by atoms with Gasteiger partial charge in [-0.1, -0.05) is 30.3 Å². The molecule has 0 spiro atoms. The van der Waals surface area contributed by atoms with Gasteiger partial charge in [0.15, 0.2) is 0 Å². The normalized spacial score (nSPS) is 31.3. The van der Waals surface area contributed by atoms with E-state index >= 15 is 0 Å². The van der Waals surface area contributed by atoms with Crippen molar-refractivity contribution in [1.82, 2.24) is 10.2 Å². The lowest BCUT2D eigenvalue weighted by Gasteiger charge is -2.43. The van der Waals surface area contributed by atoms with Gasteiger partial charge < -0.3 is 15.3 Å². The molecule has 0 saturated carbocycles. The van der Waals surface area contributed by atoms with E-state index in [-0.39, 0.29) is 29.5 Å². The van der Waals surface area contributed by atoms with Gasteiger partial charge in [0.2, 0.25) is 11.8 Å². The van der Waals surface area contributed by atoms with E-state index in [1.807, 2.05) is 30.3 Å². The van der Waals surface area contributed by atoms with Crippen molar-refractivity contribution in [1.29, 1.82) is 0 Å². The molecule has 0 bridgehead atoms. The summed E-state index contributed by atoms with van der Waals surface area (Å²) in [6, 6.07) is 7.55. The molecule has 1 aromatic rings. The molecule has 2 unspecified atom stereocenters. The van der Waals surface area contributed by atoms with Crippen molar-refractivity contribution in [2.24, 2.45) is 0 Å². The van der Waals surface area contributed by atoms with Crippen LogP contribution in [-0.4, -0.2) is 55.9 Å². The Kier molecular flexibility index (Phi) is 4.48. The number of halogens is 1.